The summed E-state index contributed by atoms with van der Waals surface area (Å²) in [4.78, 5) is 0. The lowest BCUT2D eigenvalue weighted by Gasteiger charge is -1.68. The van der Waals surface area contributed by atoms with Crippen molar-refractivity contribution in [2.75, 3.05) is 5.83 Å². The van der Waals surface area contributed by atoms with Crippen LogP contribution in [0.4, 0.5) is 0 Å². The molecule has 0 aliphatic heterocycles. The number of hydrogen-bond donors (Lipinski definition) is 2. The maximum Gasteiger partial charge on any atom is 0.394 e. The molecule has 0 heterocycles. The number of halogens is 1. The standard InChI is InChI=1S/CH3Br.H2O4S/c1-2;1-5(2,3)4/h1H3;(H2,1,2,3,4). The molecule has 0 rings (SSSR count). The van der Waals surface area contributed by atoms with Crippen LogP contribution in [0.25, 0.3) is 0 Å². The highest BCUT2D eigenvalue weighted by atomic mass is 79.9. The SMILES string of the molecule is CBr.O=S(=O)(O)O. The molecule has 0 atom stereocenters. The van der Waals surface area contributed by atoms with E-state index >= 15 is 0 Å². The summed E-state index contributed by atoms with van der Waals surface area (Å²) in [6.07, 6.45) is 0. The van der Waals surface area contributed by atoms with Gasteiger partial charge in [0.15, 0.2) is 0 Å². The van der Waals surface area contributed by atoms with Crippen molar-refractivity contribution in [2.24, 2.45) is 0 Å². The highest BCUT2D eigenvalue weighted by molar-refractivity contribution is 9.08. The zero-order valence-corrected chi connectivity index (χ0v) is 5.90. The second-order valence-corrected chi connectivity index (χ2v) is 1.34. The van der Waals surface area contributed by atoms with Crippen LogP contribution in [0.3, 0.4) is 0 Å². The van der Waals surface area contributed by atoms with Crippen LogP contribution in [0.15, 0.2) is 0 Å². The summed E-state index contributed by atoms with van der Waals surface area (Å²) in [5, 5.41) is 0. The first-order valence-corrected chi connectivity index (χ1v) is 4.06. The summed E-state index contributed by atoms with van der Waals surface area (Å²) in [6, 6.07) is 0. The molecule has 0 fully saturated rings. The van der Waals surface area contributed by atoms with Crippen LogP contribution in [0.2, 0.25) is 0 Å². The van der Waals surface area contributed by atoms with E-state index in [2.05, 4.69) is 15.9 Å². The van der Waals surface area contributed by atoms with Crippen molar-refractivity contribution in [3.05, 3.63) is 0 Å². The van der Waals surface area contributed by atoms with Gasteiger partial charge in [-0.2, -0.15) is 8.42 Å². The Morgan fingerprint density at radius 1 is 1.29 bits per heavy atom. The fourth-order valence-corrected chi connectivity index (χ4v) is 0. The van der Waals surface area contributed by atoms with E-state index in [-0.39, 0.29) is 0 Å². The minimum absolute atomic E-state index is 1.81. The number of alkyl halides is 1. The molecule has 0 aliphatic rings. The quantitative estimate of drug-likeness (QED) is 0.430. The summed E-state index contributed by atoms with van der Waals surface area (Å²) >= 11 is 2.94. The molecule has 0 radical (unpaired) electrons. The molecule has 4 nitrogen and oxygen atoms in total. The average Bonchev–Trinajstić information content (AvgIpc) is 1.36. The van der Waals surface area contributed by atoms with Gasteiger partial charge in [0.2, 0.25) is 0 Å². The Labute approximate surface area is 50.2 Å². The van der Waals surface area contributed by atoms with E-state index in [0.29, 0.717) is 0 Å². The van der Waals surface area contributed by atoms with Gasteiger partial charge in [-0.15, -0.1) is 0 Å². The Morgan fingerprint density at radius 2 is 1.29 bits per heavy atom. The van der Waals surface area contributed by atoms with Crippen LogP contribution < -0.4 is 0 Å². The van der Waals surface area contributed by atoms with Crippen LogP contribution in [0.1, 0.15) is 0 Å². The summed E-state index contributed by atoms with van der Waals surface area (Å²) in [6.45, 7) is 0. The number of hydrogen-bond acceptors (Lipinski definition) is 2. The molecule has 2 N–H and O–H groups in total. The largest absolute Gasteiger partial charge is 0.394 e. The molecular weight excluding hydrogens is 188 g/mol. The van der Waals surface area contributed by atoms with Crippen LogP contribution in [-0.4, -0.2) is 23.4 Å². The van der Waals surface area contributed by atoms with Gasteiger partial charge in [-0.1, -0.05) is 15.9 Å². The van der Waals surface area contributed by atoms with Crippen LogP contribution in [0, 0.1) is 0 Å². The van der Waals surface area contributed by atoms with Gasteiger partial charge in [-0.05, 0) is 5.83 Å². The summed E-state index contributed by atoms with van der Waals surface area (Å²) in [5.41, 5.74) is 0. The lowest BCUT2D eigenvalue weighted by molar-refractivity contribution is 0.381. The van der Waals surface area contributed by atoms with Crippen molar-refractivity contribution in [1.82, 2.24) is 0 Å². The van der Waals surface area contributed by atoms with Crippen molar-refractivity contribution in [3.8, 4) is 0 Å². The Morgan fingerprint density at radius 3 is 1.29 bits per heavy atom. The fraction of sp³-hybridized carbons (Fsp3) is 1.00. The van der Waals surface area contributed by atoms with Gasteiger partial charge in [0.25, 0.3) is 0 Å². The molecule has 0 aromatic rings. The second kappa shape index (κ2) is 4.51. The van der Waals surface area contributed by atoms with Gasteiger partial charge in [0.05, 0.1) is 0 Å². The Kier molecular flexibility index (Phi) is 6.67. The molecule has 0 aliphatic carbocycles. The van der Waals surface area contributed by atoms with E-state index in [0.717, 1.165) is 0 Å². The molecule has 0 saturated carbocycles. The van der Waals surface area contributed by atoms with Crippen molar-refractivity contribution in [1.29, 1.82) is 0 Å². The minimum Gasteiger partial charge on any atom is -0.264 e. The molecule has 7 heavy (non-hydrogen) atoms. The van der Waals surface area contributed by atoms with Crippen LogP contribution in [-0.2, 0) is 10.4 Å². The first kappa shape index (κ1) is 10.4. The minimum atomic E-state index is -4.67. The first-order chi connectivity index (χ1) is 3.00. The lowest BCUT2D eigenvalue weighted by atomic mass is 12.0. The Bertz CT molecular complexity index is 94.9. The van der Waals surface area contributed by atoms with Gasteiger partial charge < -0.3 is 0 Å². The summed E-state index contributed by atoms with van der Waals surface area (Å²) in [5.74, 6) is 1.81. The second-order valence-electron chi connectivity index (χ2n) is 0.448. The predicted octanol–water partition coefficient (Wildman–Crippen LogP) is 0.358. The Balaban J connectivity index is 0. The molecule has 0 amide bonds. The highest BCUT2D eigenvalue weighted by Crippen LogP contribution is 1.59. The molecule has 0 saturated heterocycles. The molecule has 0 unspecified atom stereocenters. The number of rotatable bonds is 0. The normalized spacial score (nSPS) is 9.14. The van der Waals surface area contributed by atoms with E-state index in [1.54, 1.807) is 0 Å². The first-order valence-electron chi connectivity index (χ1n) is 1.08. The van der Waals surface area contributed by atoms with Gasteiger partial charge in [0, 0.05) is 0 Å². The third-order valence-corrected chi connectivity index (χ3v) is 0. The van der Waals surface area contributed by atoms with Gasteiger partial charge in [-0.3, -0.25) is 9.11 Å². The van der Waals surface area contributed by atoms with Crippen LogP contribution >= 0.6 is 15.9 Å². The van der Waals surface area contributed by atoms with Gasteiger partial charge in [-0.25, -0.2) is 0 Å². The third kappa shape index (κ3) is 981. The molecular formula is CH5BrO4S. The maximum absolute atomic E-state index is 8.74. The molecule has 0 spiro atoms. The summed E-state index contributed by atoms with van der Waals surface area (Å²) < 4.78 is 31.6. The van der Waals surface area contributed by atoms with Crippen LogP contribution in [0.5, 0.6) is 0 Å². The van der Waals surface area contributed by atoms with Crippen molar-refractivity contribution >= 4 is 26.3 Å². The van der Waals surface area contributed by atoms with Crippen molar-refractivity contribution < 1.29 is 17.5 Å². The molecule has 0 aromatic heterocycles. The predicted molar refractivity (Wildman–Crippen MR) is 29.0 cm³/mol. The average molecular weight is 193 g/mol. The molecule has 46 valence electrons. The molecule has 0 bridgehead atoms. The topological polar surface area (TPSA) is 74.6 Å². The van der Waals surface area contributed by atoms with Crippen molar-refractivity contribution in [2.45, 2.75) is 0 Å². The van der Waals surface area contributed by atoms with E-state index in [1.807, 2.05) is 5.83 Å². The van der Waals surface area contributed by atoms with E-state index in [9.17, 15) is 0 Å². The monoisotopic (exact) mass is 192 g/mol. The molecule has 0 aromatic carbocycles. The summed E-state index contributed by atoms with van der Waals surface area (Å²) in [7, 11) is -4.67. The zero-order chi connectivity index (χ0) is 6.50. The maximum atomic E-state index is 8.74. The smallest absolute Gasteiger partial charge is 0.264 e. The van der Waals surface area contributed by atoms with Gasteiger partial charge >= 0.3 is 10.4 Å². The highest BCUT2D eigenvalue weighted by Gasteiger charge is 1.84. The van der Waals surface area contributed by atoms with E-state index in [1.165, 1.54) is 0 Å². The van der Waals surface area contributed by atoms with E-state index in [4.69, 9.17) is 17.5 Å². The molecule has 6 heteroatoms. The third-order valence-electron chi connectivity index (χ3n) is 0. The zero-order valence-electron chi connectivity index (χ0n) is 3.50. The Hall–Kier alpha value is 0.350. The fourth-order valence-electron chi connectivity index (χ4n) is 0. The van der Waals surface area contributed by atoms with Gasteiger partial charge in [0.1, 0.15) is 0 Å². The van der Waals surface area contributed by atoms with Crippen molar-refractivity contribution in [3.63, 3.8) is 0 Å². The van der Waals surface area contributed by atoms with E-state index < -0.39 is 10.4 Å². The lowest BCUT2D eigenvalue weighted by Crippen LogP contribution is -1.89.